The monoisotopic (exact) mass is 386 g/mol. The number of carbonyl (C=O) groups is 2. The van der Waals surface area contributed by atoms with Crippen molar-refractivity contribution in [3.05, 3.63) is 23.8 Å². The van der Waals surface area contributed by atoms with Gasteiger partial charge < -0.3 is 21.3 Å². The number of unbranched alkanes of at least 4 members (excludes halogenated alkanes) is 1. The van der Waals surface area contributed by atoms with E-state index in [0.29, 0.717) is 25.1 Å². The van der Waals surface area contributed by atoms with Crippen LogP contribution in [0.25, 0.3) is 0 Å². The van der Waals surface area contributed by atoms with E-state index in [9.17, 15) is 22.8 Å². The van der Waals surface area contributed by atoms with E-state index in [1.807, 2.05) is 4.90 Å². The van der Waals surface area contributed by atoms with E-state index in [0.717, 1.165) is 44.5 Å². The van der Waals surface area contributed by atoms with Gasteiger partial charge in [-0.05, 0) is 50.3 Å². The van der Waals surface area contributed by atoms with Crippen molar-refractivity contribution in [1.82, 2.24) is 5.32 Å². The molecule has 1 saturated heterocycles. The van der Waals surface area contributed by atoms with Gasteiger partial charge in [0.2, 0.25) is 5.91 Å². The fourth-order valence-corrected chi connectivity index (χ4v) is 3.06. The summed E-state index contributed by atoms with van der Waals surface area (Å²) in [5.74, 6) is -0.355. The van der Waals surface area contributed by atoms with E-state index in [1.54, 1.807) is 0 Å². The number of benzene rings is 1. The highest BCUT2D eigenvalue weighted by atomic mass is 19.4. The Bertz CT molecular complexity index is 658. The smallest absolute Gasteiger partial charge is 0.370 e. The summed E-state index contributed by atoms with van der Waals surface area (Å²) in [6, 6.07) is 2.85. The van der Waals surface area contributed by atoms with E-state index in [2.05, 4.69) is 10.6 Å². The van der Waals surface area contributed by atoms with Crippen molar-refractivity contribution >= 4 is 23.3 Å². The Balaban J connectivity index is 2.04. The van der Waals surface area contributed by atoms with Crippen LogP contribution < -0.4 is 21.3 Å². The maximum atomic E-state index is 13.1. The van der Waals surface area contributed by atoms with Crippen LogP contribution in [0.15, 0.2) is 18.2 Å². The van der Waals surface area contributed by atoms with E-state index >= 15 is 0 Å². The SMILES string of the molecule is NC(=O)NCCCCC(=O)Nc1cc(C(F)(F)F)ccc1N1CCCCC1. The molecule has 1 aromatic carbocycles. The fourth-order valence-electron chi connectivity index (χ4n) is 3.06. The zero-order valence-electron chi connectivity index (χ0n) is 15.1. The Kier molecular flexibility index (Phi) is 7.32. The van der Waals surface area contributed by atoms with Crippen LogP contribution in [0.3, 0.4) is 0 Å². The summed E-state index contributed by atoms with van der Waals surface area (Å²) in [7, 11) is 0. The van der Waals surface area contributed by atoms with Gasteiger partial charge in [0.05, 0.1) is 16.9 Å². The lowest BCUT2D eigenvalue weighted by molar-refractivity contribution is -0.137. The lowest BCUT2D eigenvalue weighted by atomic mass is 10.1. The van der Waals surface area contributed by atoms with Crippen LogP contribution in [0.2, 0.25) is 0 Å². The molecule has 0 bridgehead atoms. The third-order valence-electron chi connectivity index (χ3n) is 4.42. The number of rotatable bonds is 7. The predicted molar refractivity (Wildman–Crippen MR) is 97.6 cm³/mol. The number of anilines is 2. The second-order valence-corrected chi connectivity index (χ2v) is 6.57. The summed E-state index contributed by atoms with van der Waals surface area (Å²) >= 11 is 0. The van der Waals surface area contributed by atoms with Crippen molar-refractivity contribution in [3.8, 4) is 0 Å². The van der Waals surface area contributed by atoms with Crippen LogP contribution in [0.1, 0.15) is 44.1 Å². The number of carbonyl (C=O) groups excluding carboxylic acids is 2. The van der Waals surface area contributed by atoms with Crippen LogP contribution in [-0.2, 0) is 11.0 Å². The van der Waals surface area contributed by atoms with Crippen LogP contribution in [0, 0.1) is 0 Å². The van der Waals surface area contributed by atoms with Crippen molar-refractivity contribution < 1.29 is 22.8 Å². The first kappa shape index (κ1) is 20.9. The van der Waals surface area contributed by atoms with Crippen molar-refractivity contribution in [2.45, 2.75) is 44.7 Å². The van der Waals surface area contributed by atoms with Crippen molar-refractivity contribution in [2.75, 3.05) is 29.9 Å². The molecular formula is C18H25F3N4O2. The first-order chi connectivity index (χ1) is 12.8. The molecule has 0 aliphatic carbocycles. The molecule has 6 nitrogen and oxygen atoms in total. The van der Waals surface area contributed by atoms with Crippen molar-refractivity contribution in [2.24, 2.45) is 5.73 Å². The van der Waals surface area contributed by atoms with Gasteiger partial charge >= 0.3 is 12.2 Å². The third kappa shape index (κ3) is 6.65. The van der Waals surface area contributed by atoms with Crippen LogP contribution in [0.4, 0.5) is 29.3 Å². The lowest BCUT2D eigenvalue weighted by Gasteiger charge is -2.31. The van der Waals surface area contributed by atoms with Crippen molar-refractivity contribution in [1.29, 1.82) is 0 Å². The molecule has 0 aromatic heterocycles. The predicted octanol–water partition coefficient (Wildman–Crippen LogP) is 3.47. The van der Waals surface area contributed by atoms with Crippen LogP contribution in [0.5, 0.6) is 0 Å². The zero-order chi connectivity index (χ0) is 19.9. The number of alkyl halides is 3. The topological polar surface area (TPSA) is 87.5 Å². The Morgan fingerprint density at radius 1 is 1.11 bits per heavy atom. The number of amides is 3. The Hall–Kier alpha value is -2.45. The van der Waals surface area contributed by atoms with Gasteiger partial charge in [0.25, 0.3) is 0 Å². The molecule has 3 amide bonds. The summed E-state index contributed by atoms with van der Waals surface area (Å²) in [5, 5.41) is 5.05. The standard InChI is InChI=1S/C18H25F3N4O2/c19-18(20,21)13-7-8-15(25-10-4-1-5-11-25)14(12-13)24-16(26)6-2-3-9-23-17(22)27/h7-8,12H,1-6,9-11H2,(H,24,26)(H3,22,23,27). The Morgan fingerprint density at radius 2 is 1.81 bits per heavy atom. The Labute approximate surface area is 156 Å². The molecule has 27 heavy (non-hydrogen) atoms. The van der Waals surface area contributed by atoms with Gasteiger partial charge in [0.1, 0.15) is 0 Å². The minimum atomic E-state index is -4.47. The minimum absolute atomic E-state index is 0.149. The fraction of sp³-hybridized carbons (Fsp3) is 0.556. The third-order valence-corrected chi connectivity index (χ3v) is 4.42. The summed E-state index contributed by atoms with van der Waals surface area (Å²) in [4.78, 5) is 24.8. The number of piperidine rings is 1. The van der Waals surface area contributed by atoms with Gasteiger partial charge in [0, 0.05) is 26.1 Å². The Morgan fingerprint density at radius 3 is 2.44 bits per heavy atom. The van der Waals surface area contributed by atoms with Crippen LogP contribution >= 0.6 is 0 Å². The molecule has 0 atom stereocenters. The molecule has 150 valence electrons. The number of nitrogens with two attached hydrogens (primary N) is 1. The molecule has 0 radical (unpaired) electrons. The number of hydrogen-bond acceptors (Lipinski definition) is 3. The summed E-state index contributed by atoms with van der Waals surface area (Å²) in [6.07, 6.45) is -0.237. The van der Waals surface area contributed by atoms with Gasteiger partial charge in [-0.15, -0.1) is 0 Å². The van der Waals surface area contributed by atoms with E-state index < -0.39 is 17.8 Å². The van der Waals surface area contributed by atoms with Gasteiger partial charge in [-0.1, -0.05) is 0 Å². The molecule has 0 unspecified atom stereocenters. The average Bonchev–Trinajstić information content (AvgIpc) is 2.61. The van der Waals surface area contributed by atoms with Gasteiger partial charge in [-0.2, -0.15) is 13.2 Å². The van der Waals surface area contributed by atoms with Crippen LogP contribution in [-0.4, -0.2) is 31.6 Å². The highest BCUT2D eigenvalue weighted by Crippen LogP contribution is 2.36. The molecule has 1 fully saturated rings. The molecule has 1 heterocycles. The molecule has 1 aromatic rings. The molecule has 1 aliphatic heterocycles. The molecule has 4 N–H and O–H groups in total. The number of primary amides is 1. The lowest BCUT2D eigenvalue weighted by Crippen LogP contribution is -2.31. The second-order valence-electron chi connectivity index (χ2n) is 6.57. The quantitative estimate of drug-likeness (QED) is 0.627. The summed E-state index contributed by atoms with van der Waals surface area (Å²) in [6.45, 7) is 1.87. The van der Waals surface area contributed by atoms with E-state index in [-0.39, 0.29) is 18.0 Å². The molecular weight excluding hydrogens is 361 g/mol. The molecule has 0 saturated carbocycles. The molecule has 2 rings (SSSR count). The van der Waals surface area contributed by atoms with Gasteiger partial charge in [0.15, 0.2) is 0 Å². The number of nitrogens with zero attached hydrogens (tertiary/aromatic N) is 1. The zero-order valence-corrected chi connectivity index (χ0v) is 15.1. The maximum Gasteiger partial charge on any atom is 0.416 e. The number of nitrogens with one attached hydrogen (secondary N) is 2. The largest absolute Gasteiger partial charge is 0.416 e. The second kappa shape index (κ2) is 9.48. The summed E-state index contributed by atoms with van der Waals surface area (Å²) in [5.41, 5.74) is 4.96. The first-order valence-electron chi connectivity index (χ1n) is 9.07. The highest BCUT2D eigenvalue weighted by molar-refractivity contribution is 5.94. The first-order valence-corrected chi connectivity index (χ1v) is 9.07. The number of halogens is 3. The van der Waals surface area contributed by atoms with E-state index in [4.69, 9.17) is 5.73 Å². The van der Waals surface area contributed by atoms with Crippen molar-refractivity contribution in [3.63, 3.8) is 0 Å². The van der Waals surface area contributed by atoms with Gasteiger partial charge in [-0.3, -0.25) is 4.79 Å². The van der Waals surface area contributed by atoms with Gasteiger partial charge in [-0.25, -0.2) is 4.79 Å². The molecule has 9 heteroatoms. The summed E-state index contributed by atoms with van der Waals surface area (Å²) < 4.78 is 39.2. The normalized spacial score (nSPS) is 14.7. The number of urea groups is 1. The van der Waals surface area contributed by atoms with E-state index in [1.165, 1.54) is 6.07 Å². The maximum absolute atomic E-state index is 13.1. The minimum Gasteiger partial charge on any atom is -0.370 e. The number of hydrogen-bond donors (Lipinski definition) is 3. The molecule has 0 spiro atoms. The average molecular weight is 386 g/mol. The molecule has 1 aliphatic rings. The highest BCUT2D eigenvalue weighted by Gasteiger charge is 2.31.